The standard InChI is InChI=1S/C15H15BrFNO/c1-10-8-11(6-7-14(10)17)19-15(9-18)12-4-2-3-5-13(12)16/h2-8,15H,9,18H2,1H3. The summed E-state index contributed by atoms with van der Waals surface area (Å²) < 4.78 is 20.0. The van der Waals surface area contributed by atoms with Gasteiger partial charge in [0.25, 0.3) is 0 Å². The molecule has 0 bridgehead atoms. The van der Waals surface area contributed by atoms with E-state index in [1.807, 2.05) is 24.3 Å². The van der Waals surface area contributed by atoms with Crippen molar-refractivity contribution in [2.45, 2.75) is 13.0 Å². The van der Waals surface area contributed by atoms with Crippen molar-refractivity contribution >= 4 is 15.9 Å². The van der Waals surface area contributed by atoms with Crippen LogP contribution in [-0.2, 0) is 0 Å². The van der Waals surface area contributed by atoms with Crippen LogP contribution in [0.2, 0.25) is 0 Å². The summed E-state index contributed by atoms with van der Waals surface area (Å²) in [4.78, 5) is 0. The molecule has 0 saturated carbocycles. The minimum absolute atomic E-state index is 0.238. The maximum atomic E-state index is 13.2. The van der Waals surface area contributed by atoms with Gasteiger partial charge in [0.05, 0.1) is 0 Å². The first-order valence-corrected chi connectivity index (χ1v) is 6.78. The van der Waals surface area contributed by atoms with Crippen molar-refractivity contribution in [2.24, 2.45) is 5.73 Å². The van der Waals surface area contributed by atoms with Gasteiger partial charge in [-0.25, -0.2) is 4.39 Å². The van der Waals surface area contributed by atoms with Crippen molar-refractivity contribution < 1.29 is 9.13 Å². The summed E-state index contributed by atoms with van der Waals surface area (Å²) in [6, 6.07) is 12.5. The van der Waals surface area contributed by atoms with Gasteiger partial charge in [-0.3, -0.25) is 0 Å². The van der Waals surface area contributed by atoms with E-state index >= 15 is 0 Å². The highest BCUT2D eigenvalue weighted by atomic mass is 79.9. The van der Waals surface area contributed by atoms with Crippen LogP contribution in [0.1, 0.15) is 17.2 Å². The second-order valence-electron chi connectivity index (χ2n) is 4.27. The molecule has 0 radical (unpaired) electrons. The number of aryl methyl sites for hydroxylation is 1. The van der Waals surface area contributed by atoms with Gasteiger partial charge < -0.3 is 10.5 Å². The van der Waals surface area contributed by atoms with E-state index in [1.54, 1.807) is 19.1 Å². The first-order valence-electron chi connectivity index (χ1n) is 5.99. The Bertz CT molecular complexity index is 574. The number of hydrogen-bond acceptors (Lipinski definition) is 2. The first-order chi connectivity index (χ1) is 9.11. The van der Waals surface area contributed by atoms with Crippen LogP contribution in [0.15, 0.2) is 46.9 Å². The van der Waals surface area contributed by atoms with Crippen molar-refractivity contribution in [1.82, 2.24) is 0 Å². The van der Waals surface area contributed by atoms with Crippen LogP contribution < -0.4 is 10.5 Å². The molecule has 0 saturated heterocycles. The molecule has 0 spiro atoms. The average Bonchev–Trinajstić information content (AvgIpc) is 2.41. The Kier molecular flexibility index (Phi) is 4.56. The molecular formula is C15H15BrFNO. The van der Waals surface area contributed by atoms with Crippen LogP contribution in [0, 0.1) is 12.7 Å². The summed E-state index contributed by atoms with van der Waals surface area (Å²) in [6.45, 7) is 2.05. The summed E-state index contributed by atoms with van der Waals surface area (Å²) in [5.41, 5.74) is 7.30. The van der Waals surface area contributed by atoms with Crippen LogP contribution in [-0.4, -0.2) is 6.54 Å². The molecular weight excluding hydrogens is 309 g/mol. The fourth-order valence-electron chi connectivity index (χ4n) is 1.83. The first kappa shape index (κ1) is 14.0. The van der Waals surface area contributed by atoms with E-state index in [-0.39, 0.29) is 11.9 Å². The normalized spacial score (nSPS) is 12.2. The Hall–Kier alpha value is -1.39. The molecule has 4 heteroatoms. The van der Waals surface area contributed by atoms with E-state index < -0.39 is 0 Å². The monoisotopic (exact) mass is 323 g/mol. The van der Waals surface area contributed by atoms with Gasteiger partial charge in [0.15, 0.2) is 0 Å². The quantitative estimate of drug-likeness (QED) is 0.923. The third-order valence-electron chi connectivity index (χ3n) is 2.87. The Balaban J connectivity index is 2.24. The van der Waals surface area contributed by atoms with Crippen molar-refractivity contribution in [3.05, 3.63) is 63.9 Å². The van der Waals surface area contributed by atoms with E-state index in [9.17, 15) is 4.39 Å². The van der Waals surface area contributed by atoms with E-state index in [0.29, 0.717) is 17.9 Å². The van der Waals surface area contributed by atoms with Crippen LogP contribution in [0.3, 0.4) is 0 Å². The molecule has 19 heavy (non-hydrogen) atoms. The Morgan fingerprint density at radius 2 is 2.00 bits per heavy atom. The lowest BCUT2D eigenvalue weighted by atomic mass is 10.1. The number of halogens is 2. The third-order valence-corrected chi connectivity index (χ3v) is 3.60. The smallest absolute Gasteiger partial charge is 0.137 e. The molecule has 0 heterocycles. The Labute approximate surface area is 120 Å². The third kappa shape index (κ3) is 3.33. The highest BCUT2D eigenvalue weighted by molar-refractivity contribution is 9.10. The molecule has 2 nitrogen and oxygen atoms in total. The van der Waals surface area contributed by atoms with Crippen LogP contribution in [0.25, 0.3) is 0 Å². The largest absolute Gasteiger partial charge is 0.484 e. The molecule has 0 aliphatic heterocycles. The SMILES string of the molecule is Cc1cc(OC(CN)c2ccccc2Br)ccc1F. The highest BCUT2D eigenvalue weighted by Crippen LogP contribution is 2.28. The van der Waals surface area contributed by atoms with Crippen molar-refractivity contribution in [2.75, 3.05) is 6.54 Å². The zero-order valence-electron chi connectivity index (χ0n) is 10.6. The maximum Gasteiger partial charge on any atom is 0.137 e. The van der Waals surface area contributed by atoms with E-state index in [2.05, 4.69) is 15.9 Å². The average molecular weight is 324 g/mol. The zero-order chi connectivity index (χ0) is 13.8. The second-order valence-corrected chi connectivity index (χ2v) is 5.13. The maximum absolute atomic E-state index is 13.2. The van der Waals surface area contributed by atoms with Gasteiger partial charge in [0.1, 0.15) is 17.7 Å². The van der Waals surface area contributed by atoms with E-state index in [4.69, 9.17) is 10.5 Å². The molecule has 2 aromatic rings. The summed E-state index contributed by atoms with van der Waals surface area (Å²) >= 11 is 3.48. The molecule has 0 aliphatic carbocycles. The summed E-state index contributed by atoms with van der Waals surface area (Å²) in [5.74, 6) is 0.377. The van der Waals surface area contributed by atoms with Crippen molar-refractivity contribution in [3.8, 4) is 5.75 Å². The van der Waals surface area contributed by atoms with Gasteiger partial charge in [-0.05, 0) is 36.8 Å². The summed E-state index contributed by atoms with van der Waals surface area (Å²) in [5, 5.41) is 0. The number of hydrogen-bond donors (Lipinski definition) is 1. The van der Waals surface area contributed by atoms with Gasteiger partial charge in [0.2, 0.25) is 0 Å². The highest BCUT2D eigenvalue weighted by Gasteiger charge is 2.14. The van der Waals surface area contributed by atoms with Gasteiger partial charge in [-0.15, -0.1) is 0 Å². The summed E-state index contributed by atoms with van der Waals surface area (Å²) in [6.07, 6.45) is -0.263. The zero-order valence-corrected chi connectivity index (χ0v) is 12.2. The van der Waals surface area contributed by atoms with Crippen LogP contribution in [0.4, 0.5) is 4.39 Å². The van der Waals surface area contributed by atoms with Gasteiger partial charge >= 0.3 is 0 Å². The lowest BCUT2D eigenvalue weighted by Gasteiger charge is -2.19. The molecule has 2 rings (SSSR count). The predicted molar refractivity (Wildman–Crippen MR) is 77.7 cm³/mol. The summed E-state index contributed by atoms with van der Waals surface area (Å²) in [7, 11) is 0. The predicted octanol–water partition coefficient (Wildman–Crippen LogP) is 3.98. The number of benzene rings is 2. The molecule has 2 aromatic carbocycles. The van der Waals surface area contributed by atoms with Gasteiger partial charge in [-0.2, -0.15) is 0 Å². The number of nitrogens with two attached hydrogens (primary N) is 1. The topological polar surface area (TPSA) is 35.2 Å². The molecule has 0 fully saturated rings. The van der Waals surface area contributed by atoms with Gasteiger partial charge in [0, 0.05) is 16.6 Å². The van der Waals surface area contributed by atoms with Crippen molar-refractivity contribution in [3.63, 3.8) is 0 Å². The van der Waals surface area contributed by atoms with Crippen LogP contribution in [0.5, 0.6) is 5.75 Å². The van der Waals surface area contributed by atoms with E-state index in [1.165, 1.54) is 6.07 Å². The lowest BCUT2D eigenvalue weighted by Crippen LogP contribution is -2.19. The minimum Gasteiger partial charge on any atom is -0.484 e. The molecule has 100 valence electrons. The molecule has 0 aromatic heterocycles. The number of ether oxygens (including phenoxy) is 1. The molecule has 1 unspecified atom stereocenters. The van der Waals surface area contributed by atoms with Crippen LogP contribution >= 0.6 is 15.9 Å². The lowest BCUT2D eigenvalue weighted by molar-refractivity contribution is 0.213. The molecule has 2 N–H and O–H groups in total. The number of rotatable bonds is 4. The molecule has 0 amide bonds. The Morgan fingerprint density at radius 3 is 2.63 bits per heavy atom. The minimum atomic E-state index is -0.263. The Morgan fingerprint density at radius 1 is 1.26 bits per heavy atom. The molecule has 0 aliphatic rings. The fraction of sp³-hybridized carbons (Fsp3) is 0.200. The van der Waals surface area contributed by atoms with Gasteiger partial charge in [-0.1, -0.05) is 34.1 Å². The van der Waals surface area contributed by atoms with E-state index in [0.717, 1.165) is 10.0 Å². The fourth-order valence-corrected chi connectivity index (χ4v) is 2.37. The second kappa shape index (κ2) is 6.17. The molecule has 1 atom stereocenters. The van der Waals surface area contributed by atoms with Crippen molar-refractivity contribution in [1.29, 1.82) is 0 Å².